The Kier molecular flexibility index (Phi) is 10.4. The van der Waals surface area contributed by atoms with Crippen molar-refractivity contribution in [2.24, 2.45) is 4.99 Å². The van der Waals surface area contributed by atoms with Gasteiger partial charge in [0.2, 0.25) is 0 Å². The summed E-state index contributed by atoms with van der Waals surface area (Å²) in [6.45, 7) is 12.5. The normalized spacial score (nSPS) is 13.2. The first-order valence-corrected chi connectivity index (χ1v) is 9.72. The maximum absolute atomic E-state index is 12.0. The number of ether oxygens (including phenoxy) is 1. The molecule has 0 heterocycles. The van der Waals surface area contributed by atoms with Crippen LogP contribution in [0.3, 0.4) is 0 Å². The molecule has 22 heavy (non-hydrogen) atoms. The van der Waals surface area contributed by atoms with Gasteiger partial charge in [0.1, 0.15) is 0 Å². The molecular weight excluding hydrogens is 302 g/mol. The van der Waals surface area contributed by atoms with Gasteiger partial charge in [0.25, 0.3) is 0 Å². The highest BCUT2D eigenvalue weighted by Gasteiger charge is 2.28. The van der Waals surface area contributed by atoms with Crippen molar-refractivity contribution in [1.29, 1.82) is 0 Å². The first kappa shape index (κ1) is 21.2. The Labute approximate surface area is 136 Å². The Hall–Kier alpha value is -0.820. The van der Waals surface area contributed by atoms with Crippen LogP contribution in [-0.2, 0) is 14.6 Å². The van der Waals surface area contributed by atoms with Crippen LogP contribution < -0.4 is 10.6 Å². The molecule has 0 unspecified atom stereocenters. The number of unbranched alkanes of at least 4 members (excludes halogenated alkanes) is 1. The quantitative estimate of drug-likeness (QED) is 0.360. The van der Waals surface area contributed by atoms with Gasteiger partial charge < -0.3 is 15.4 Å². The van der Waals surface area contributed by atoms with E-state index in [0.29, 0.717) is 19.0 Å². The van der Waals surface area contributed by atoms with Crippen molar-refractivity contribution >= 4 is 15.8 Å². The standard InChI is InChI=1S/C15H33N3O3S/c1-6-16-14(17-10-8-9-12-21-7-2)18-11-13-22(19,20)15(3,4)5/h6-13H2,1-5H3,(H2,16,17,18). The number of rotatable bonds is 10. The molecule has 132 valence electrons. The fraction of sp³-hybridized carbons (Fsp3) is 0.933. The minimum absolute atomic E-state index is 0.102. The fourth-order valence-electron chi connectivity index (χ4n) is 1.60. The van der Waals surface area contributed by atoms with Crippen LogP contribution in [0.4, 0.5) is 0 Å². The average Bonchev–Trinajstić information content (AvgIpc) is 2.41. The Morgan fingerprint density at radius 2 is 1.82 bits per heavy atom. The second-order valence-corrected chi connectivity index (χ2v) is 8.89. The molecule has 0 aromatic heterocycles. The lowest BCUT2D eigenvalue weighted by Crippen LogP contribution is -2.41. The molecule has 0 aliphatic rings. The van der Waals surface area contributed by atoms with E-state index in [1.54, 1.807) is 20.8 Å². The lowest BCUT2D eigenvalue weighted by Gasteiger charge is -2.19. The Bertz CT molecular complexity index is 414. The van der Waals surface area contributed by atoms with E-state index in [9.17, 15) is 8.42 Å². The third-order valence-electron chi connectivity index (χ3n) is 3.11. The fourth-order valence-corrected chi connectivity index (χ4v) is 2.59. The van der Waals surface area contributed by atoms with Crippen molar-refractivity contribution in [1.82, 2.24) is 10.6 Å². The van der Waals surface area contributed by atoms with E-state index in [1.165, 1.54) is 0 Å². The minimum atomic E-state index is -3.11. The zero-order chi connectivity index (χ0) is 17.1. The van der Waals surface area contributed by atoms with Crippen LogP contribution in [0.5, 0.6) is 0 Å². The summed E-state index contributed by atoms with van der Waals surface area (Å²) >= 11 is 0. The molecule has 0 rings (SSSR count). The maximum atomic E-state index is 12.0. The summed E-state index contributed by atoms with van der Waals surface area (Å²) in [4.78, 5) is 4.44. The molecule has 0 aliphatic heterocycles. The highest BCUT2D eigenvalue weighted by molar-refractivity contribution is 7.92. The van der Waals surface area contributed by atoms with Crippen molar-refractivity contribution in [2.45, 2.75) is 52.2 Å². The number of hydrogen-bond donors (Lipinski definition) is 2. The Balaban J connectivity index is 4.19. The van der Waals surface area contributed by atoms with Gasteiger partial charge in [-0.3, -0.25) is 4.99 Å². The van der Waals surface area contributed by atoms with Crippen LogP contribution in [0.2, 0.25) is 0 Å². The van der Waals surface area contributed by atoms with Crippen LogP contribution in [0.1, 0.15) is 47.5 Å². The van der Waals surface area contributed by atoms with Gasteiger partial charge in [-0.15, -0.1) is 0 Å². The largest absolute Gasteiger partial charge is 0.382 e. The molecule has 0 atom stereocenters. The first-order chi connectivity index (χ1) is 10.2. The third-order valence-corrected chi connectivity index (χ3v) is 5.72. The summed E-state index contributed by atoms with van der Waals surface area (Å²) in [6, 6.07) is 0. The van der Waals surface area contributed by atoms with Crippen molar-refractivity contribution in [3.8, 4) is 0 Å². The van der Waals surface area contributed by atoms with Gasteiger partial charge in [0.15, 0.2) is 15.8 Å². The molecule has 0 saturated carbocycles. The summed E-state index contributed by atoms with van der Waals surface area (Å²) in [7, 11) is -3.11. The predicted molar refractivity (Wildman–Crippen MR) is 93.2 cm³/mol. The molecule has 0 bridgehead atoms. The first-order valence-electron chi connectivity index (χ1n) is 8.06. The molecule has 0 amide bonds. The lowest BCUT2D eigenvalue weighted by atomic mass is 10.3. The highest BCUT2D eigenvalue weighted by Crippen LogP contribution is 2.15. The maximum Gasteiger partial charge on any atom is 0.191 e. The smallest absolute Gasteiger partial charge is 0.191 e. The molecule has 2 N–H and O–H groups in total. The summed E-state index contributed by atoms with van der Waals surface area (Å²) in [6.07, 6.45) is 1.94. The van der Waals surface area contributed by atoms with Crippen molar-refractivity contribution in [3.05, 3.63) is 0 Å². The number of nitrogens with zero attached hydrogens (tertiary/aromatic N) is 1. The predicted octanol–water partition coefficient (Wildman–Crippen LogP) is 1.57. The second kappa shape index (κ2) is 10.8. The van der Waals surface area contributed by atoms with E-state index in [0.717, 1.165) is 32.6 Å². The molecule has 6 nitrogen and oxygen atoms in total. The molecule has 0 aromatic carbocycles. The van der Waals surface area contributed by atoms with Crippen molar-refractivity contribution in [3.63, 3.8) is 0 Å². The third kappa shape index (κ3) is 9.25. The molecular formula is C15H33N3O3S. The molecule has 0 aliphatic carbocycles. The van der Waals surface area contributed by atoms with Crippen LogP contribution in [0.25, 0.3) is 0 Å². The minimum Gasteiger partial charge on any atom is -0.382 e. The van der Waals surface area contributed by atoms with E-state index in [4.69, 9.17) is 4.74 Å². The van der Waals surface area contributed by atoms with Gasteiger partial charge >= 0.3 is 0 Å². The average molecular weight is 336 g/mol. The highest BCUT2D eigenvalue weighted by atomic mass is 32.2. The van der Waals surface area contributed by atoms with Gasteiger partial charge in [-0.25, -0.2) is 8.42 Å². The number of nitrogens with one attached hydrogen (secondary N) is 2. The molecule has 0 radical (unpaired) electrons. The number of guanidine groups is 1. The van der Waals surface area contributed by atoms with E-state index >= 15 is 0 Å². The molecule has 0 saturated heterocycles. The van der Waals surface area contributed by atoms with Crippen LogP contribution in [0.15, 0.2) is 4.99 Å². The Morgan fingerprint density at radius 3 is 2.36 bits per heavy atom. The summed E-state index contributed by atoms with van der Waals surface area (Å²) in [5, 5.41) is 6.20. The second-order valence-electron chi connectivity index (χ2n) is 6.02. The zero-order valence-electron chi connectivity index (χ0n) is 14.7. The SMILES string of the molecule is CCNC(=NCCCCOCC)NCCS(=O)(=O)C(C)(C)C. The molecule has 0 fully saturated rings. The summed E-state index contributed by atoms with van der Waals surface area (Å²) in [5.74, 6) is 0.772. The molecule has 0 aromatic rings. The van der Waals surface area contributed by atoms with Gasteiger partial charge in [-0.2, -0.15) is 0 Å². The van der Waals surface area contributed by atoms with E-state index in [1.807, 2.05) is 13.8 Å². The zero-order valence-corrected chi connectivity index (χ0v) is 15.6. The lowest BCUT2D eigenvalue weighted by molar-refractivity contribution is 0.144. The van der Waals surface area contributed by atoms with E-state index in [-0.39, 0.29) is 5.75 Å². The number of aliphatic imine (C=N–C) groups is 1. The van der Waals surface area contributed by atoms with Gasteiger partial charge in [-0.05, 0) is 47.5 Å². The topological polar surface area (TPSA) is 79.8 Å². The van der Waals surface area contributed by atoms with Crippen LogP contribution >= 0.6 is 0 Å². The number of sulfone groups is 1. The summed E-state index contributed by atoms with van der Waals surface area (Å²) < 4.78 is 28.6. The van der Waals surface area contributed by atoms with Crippen LogP contribution in [-0.4, -0.2) is 57.7 Å². The van der Waals surface area contributed by atoms with Crippen molar-refractivity contribution < 1.29 is 13.2 Å². The van der Waals surface area contributed by atoms with Crippen LogP contribution in [0, 0.1) is 0 Å². The summed E-state index contributed by atoms with van der Waals surface area (Å²) in [5.41, 5.74) is 0. The van der Waals surface area contributed by atoms with Crippen molar-refractivity contribution in [2.75, 3.05) is 38.6 Å². The monoisotopic (exact) mass is 335 g/mol. The van der Waals surface area contributed by atoms with E-state index < -0.39 is 14.6 Å². The molecule has 0 spiro atoms. The Morgan fingerprint density at radius 1 is 1.14 bits per heavy atom. The van der Waals surface area contributed by atoms with E-state index in [2.05, 4.69) is 15.6 Å². The molecule has 7 heteroatoms. The van der Waals surface area contributed by atoms with Gasteiger partial charge in [0.05, 0.1) is 10.5 Å². The van der Waals surface area contributed by atoms with Gasteiger partial charge in [-0.1, -0.05) is 0 Å². The van der Waals surface area contributed by atoms with Gasteiger partial charge in [0, 0.05) is 32.8 Å². The number of hydrogen-bond acceptors (Lipinski definition) is 4.